The molecule has 1 aromatic heterocycles. The van der Waals surface area contributed by atoms with E-state index in [-0.39, 0.29) is 0 Å². The minimum absolute atomic E-state index is 0.323. The minimum Gasteiger partial charge on any atom is -0.423 e. The van der Waals surface area contributed by atoms with Gasteiger partial charge in [0.15, 0.2) is 0 Å². The van der Waals surface area contributed by atoms with Crippen LogP contribution in [0.1, 0.15) is 21.6 Å². The summed E-state index contributed by atoms with van der Waals surface area (Å²) in [6.45, 7) is 1.92. The van der Waals surface area contributed by atoms with Gasteiger partial charge in [-0.1, -0.05) is 35.9 Å². The quantitative estimate of drug-likeness (QED) is 0.303. The molecule has 5 nitrogen and oxygen atoms in total. The van der Waals surface area contributed by atoms with Crippen LogP contribution in [0, 0.1) is 6.92 Å². The Labute approximate surface area is 153 Å². The Hall–Kier alpha value is -2.70. The number of thiazole rings is 1. The van der Waals surface area contributed by atoms with E-state index in [1.807, 2.05) is 18.4 Å². The molecule has 0 fully saturated rings. The molecule has 0 bridgehead atoms. The molecule has 7 heteroatoms. The summed E-state index contributed by atoms with van der Waals surface area (Å²) in [5.74, 6) is -0.0879. The first-order valence-electron chi connectivity index (χ1n) is 7.40. The fourth-order valence-corrected chi connectivity index (χ4v) is 2.86. The molecule has 0 unspecified atom stereocenters. The van der Waals surface area contributed by atoms with E-state index in [9.17, 15) is 4.79 Å². The van der Waals surface area contributed by atoms with Gasteiger partial charge in [0.1, 0.15) is 5.75 Å². The van der Waals surface area contributed by atoms with Gasteiger partial charge >= 0.3 is 5.97 Å². The summed E-state index contributed by atoms with van der Waals surface area (Å²) >= 11 is 7.49. The maximum atomic E-state index is 12.2. The summed E-state index contributed by atoms with van der Waals surface area (Å²) in [7, 11) is 0. The molecule has 25 heavy (non-hydrogen) atoms. The van der Waals surface area contributed by atoms with Crippen molar-refractivity contribution in [3.05, 3.63) is 75.8 Å². The molecule has 0 aliphatic heterocycles. The second-order valence-electron chi connectivity index (χ2n) is 5.11. The molecule has 0 saturated carbocycles. The monoisotopic (exact) mass is 371 g/mol. The molecule has 126 valence electrons. The molecule has 0 saturated heterocycles. The fraction of sp³-hybridized carbons (Fsp3) is 0.0556. The number of nitrogens with one attached hydrogen (secondary N) is 1. The van der Waals surface area contributed by atoms with Gasteiger partial charge in [-0.15, -0.1) is 11.3 Å². The number of benzene rings is 2. The van der Waals surface area contributed by atoms with E-state index in [1.165, 1.54) is 11.3 Å². The third kappa shape index (κ3) is 4.65. The number of anilines is 1. The number of hydrogen-bond donors (Lipinski definition) is 1. The summed E-state index contributed by atoms with van der Waals surface area (Å²) < 4.78 is 5.37. The first-order chi connectivity index (χ1) is 12.1. The Morgan fingerprint density at radius 1 is 1.28 bits per heavy atom. The van der Waals surface area contributed by atoms with Crippen molar-refractivity contribution in [3.8, 4) is 5.75 Å². The highest BCUT2D eigenvalue weighted by Crippen LogP contribution is 2.19. The van der Waals surface area contributed by atoms with Crippen LogP contribution in [-0.4, -0.2) is 17.2 Å². The van der Waals surface area contributed by atoms with Gasteiger partial charge in [0.2, 0.25) is 5.13 Å². The van der Waals surface area contributed by atoms with Crippen LogP contribution >= 0.6 is 22.9 Å². The molecule has 2 aromatic carbocycles. The number of ether oxygens (including phenoxy) is 1. The molecule has 3 aromatic rings. The molecule has 1 heterocycles. The zero-order valence-corrected chi connectivity index (χ0v) is 14.8. The van der Waals surface area contributed by atoms with Gasteiger partial charge in [-0.25, -0.2) is 9.78 Å². The van der Waals surface area contributed by atoms with Gasteiger partial charge < -0.3 is 4.74 Å². The predicted octanol–water partition coefficient (Wildman–Crippen LogP) is 4.77. The van der Waals surface area contributed by atoms with E-state index < -0.39 is 5.97 Å². The zero-order valence-electron chi connectivity index (χ0n) is 13.3. The number of hydrazone groups is 1. The molecular weight excluding hydrogens is 358 g/mol. The van der Waals surface area contributed by atoms with Gasteiger partial charge in [-0.3, -0.25) is 5.43 Å². The lowest BCUT2D eigenvalue weighted by molar-refractivity contribution is 0.0735. The molecule has 1 N–H and O–H groups in total. The van der Waals surface area contributed by atoms with Crippen molar-refractivity contribution < 1.29 is 9.53 Å². The van der Waals surface area contributed by atoms with Gasteiger partial charge in [-0.2, -0.15) is 5.10 Å². The summed E-state index contributed by atoms with van der Waals surface area (Å²) in [5.41, 5.74) is 4.91. The number of nitrogens with zero attached hydrogens (tertiary/aromatic N) is 2. The van der Waals surface area contributed by atoms with Crippen LogP contribution in [0.4, 0.5) is 5.13 Å². The second kappa shape index (κ2) is 7.92. The largest absolute Gasteiger partial charge is 0.423 e. The van der Waals surface area contributed by atoms with Crippen molar-refractivity contribution in [1.82, 2.24) is 4.98 Å². The summed E-state index contributed by atoms with van der Waals surface area (Å²) in [5, 5.41) is 7.14. The van der Waals surface area contributed by atoms with Crippen LogP contribution in [0.3, 0.4) is 0 Å². The fourth-order valence-electron chi connectivity index (χ4n) is 2.01. The zero-order chi connectivity index (χ0) is 17.6. The Kier molecular flexibility index (Phi) is 5.42. The number of esters is 1. The van der Waals surface area contributed by atoms with E-state index in [0.717, 1.165) is 16.4 Å². The average Bonchev–Trinajstić information content (AvgIpc) is 3.01. The molecule has 0 amide bonds. The van der Waals surface area contributed by atoms with Gasteiger partial charge in [0.05, 0.1) is 22.5 Å². The number of carbonyl (C=O) groups is 1. The molecule has 0 spiro atoms. The van der Waals surface area contributed by atoms with E-state index in [1.54, 1.807) is 48.7 Å². The van der Waals surface area contributed by atoms with Crippen LogP contribution in [0.15, 0.2) is 59.0 Å². The second-order valence-corrected chi connectivity index (χ2v) is 6.37. The highest BCUT2D eigenvalue weighted by molar-refractivity contribution is 7.13. The van der Waals surface area contributed by atoms with Crippen molar-refractivity contribution in [1.29, 1.82) is 0 Å². The molecule has 0 radical (unpaired) electrons. The third-order valence-corrected chi connectivity index (χ3v) is 4.35. The van der Waals surface area contributed by atoms with Gasteiger partial charge in [0, 0.05) is 5.38 Å². The number of carbonyl (C=O) groups excluding carboxylic acids is 1. The number of halogens is 1. The summed E-state index contributed by atoms with van der Waals surface area (Å²) in [4.78, 5) is 16.4. The maximum absolute atomic E-state index is 12.2. The minimum atomic E-state index is -0.504. The lowest BCUT2D eigenvalue weighted by Gasteiger charge is -2.06. The van der Waals surface area contributed by atoms with Crippen LogP contribution in [0.25, 0.3) is 0 Å². The average molecular weight is 372 g/mol. The van der Waals surface area contributed by atoms with Gasteiger partial charge in [0.25, 0.3) is 0 Å². The first-order valence-corrected chi connectivity index (χ1v) is 8.65. The predicted molar refractivity (Wildman–Crippen MR) is 101 cm³/mol. The standard InChI is InChI=1S/C18H14ClN3O2S/c1-12-11-25-18(21-12)22-20-10-13-5-4-6-14(9-13)24-17(23)15-7-2-3-8-16(15)19/h2-11H,1H3,(H,21,22). The lowest BCUT2D eigenvalue weighted by Crippen LogP contribution is -2.09. The van der Waals surface area contributed by atoms with E-state index in [4.69, 9.17) is 16.3 Å². The number of rotatable bonds is 5. The highest BCUT2D eigenvalue weighted by Gasteiger charge is 2.12. The molecular formula is C18H14ClN3O2S. The summed E-state index contributed by atoms with van der Waals surface area (Å²) in [6, 6.07) is 13.8. The van der Waals surface area contributed by atoms with E-state index >= 15 is 0 Å². The molecule has 3 rings (SSSR count). The normalized spacial score (nSPS) is 10.8. The first kappa shape index (κ1) is 17.1. The molecule has 0 atom stereocenters. The topological polar surface area (TPSA) is 63.6 Å². The van der Waals surface area contributed by atoms with E-state index in [0.29, 0.717) is 16.3 Å². The van der Waals surface area contributed by atoms with Crippen molar-refractivity contribution in [2.75, 3.05) is 5.43 Å². The number of hydrogen-bond acceptors (Lipinski definition) is 6. The molecule has 0 aliphatic rings. The van der Waals surface area contributed by atoms with Crippen molar-refractivity contribution in [2.24, 2.45) is 5.10 Å². The van der Waals surface area contributed by atoms with Crippen molar-refractivity contribution >= 4 is 40.3 Å². The summed E-state index contributed by atoms with van der Waals surface area (Å²) in [6.07, 6.45) is 1.63. The SMILES string of the molecule is Cc1csc(NN=Cc2cccc(OC(=O)c3ccccc3Cl)c2)n1. The van der Waals surface area contributed by atoms with Crippen LogP contribution in [0.2, 0.25) is 5.02 Å². The Morgan fingerprint density at radius 2 is 2.12 bits per heavy atom. The lowest BCUT2D eigenvalue weighted by atomic mass is 10.2. The number of aryl methyl sites for hydroxylation is 1. The maximum Gasteiger partial charge on any atom is 0.345 e. The Bertz CT molecular complexity index is 924. The van der Waals surface area contributed by atoms with Crippen LogP contribution in [0.5, 0.6) is 5.75 Å². The van der Waals surface area contributed by atoms with Crippen LogP contribution in [-0.2, 0) is 0 Å². The van der Waals surface area contributed by atoms with Gasteiger partial charge in [-0.05, 0) is 36.8 Å². The molecule has 0 aliphatic carbocycles. The van der Waals surface area contributed by atoms with E-state index in [2.05, 4.69) is 15.5 Å². The highest BCUT2D eigenvalue weighted by atomic mass is 35.5. The van der Waals surface area contributed by atoms with Crippen LogP contribution < -0.4 is 10.2 Å². The Balaban J connectivity index is 1.67. The Morgan fingerprint density at radius 3 is 2.88 bits per heavy atom. The van der Waals surface area contributed by atoms with Crippen molar-refractivity contribution in [2.45, 2.75) is 6.92 Å². The third-order valence-electron chi connectivity index (χ3n) is 3.16. The van der Waals surface area contributed by atoms with Crippen molar-refractivity contribution in [3.63, 3.8) is 0 Å². The smallest absolute Gasteiger partial charge is 0.345 e. The number of aromatic nitrogens is 1.